The molecule has 88 valence electrons. The maximum Gasteiger partial charge on any atom is 0.235 e. The zero-order valence-electron chi connectivity index (χ0n) is 9.67. The van der Waals surface area contributed by atoms with Gasteiger partial charge < -0.3 is 4.90 Å². The van der Waals surface area contributed by atoms with Crippen LogP contribution in [0.2, 0.25) is 0 Å². The zero-order valence-corrected chi connectivity index (χ0v) is 9.67. The summed E-state index contributed by atoms with van der Waals surface area (Å²) >= 11 is 0. The Morgan fingerprint density at radius 1 is 1.47 bits per heavy atom. The molecule has 0 radical (unpaired) electrons. The van der Waals surface area contributed by atoms with E-state index in [1.54, 1.807) is 0 Å². The lowest BCUT2D eigenvalue weighted by atomic mass is 9.92. The van der Waals surface area contributed by atoms with Crippen LogP contribution in [0.15, 0.2) is 0 Å². The predicted octanol–water partition coefficient (Wildman–Crippen LogP) is 0.879. The number of carbonyl (C=O) groups excluding carboxylic acids is 1. The molecule has 1 saturated heterocycles. The maximum absolute atomic E-state index is 11.0. The Morgan fingerprint density at radius 3 is 2.67 bits per heavy atom. The number of carbonyl (C=O) groups is 1. The first-order valence-corrected chi connectivity index (χ1v) is 5.98. The summed E-state index contributed by atoms with van der Waals surface area (Å²) in [5.74, 6) is 5.88. The number of piperidine rings is 1. The molecule has 0 atom stereocenters. The molecule has 1 aliphatic heterocycles. The predicted molar refractivity (Wildman–Crippen MR) is 61.0 cm³/mol. The summed E-state index contributed by atoms with van der Waals surface area (Å²) in [6, 6.07) is 0. The summed E-state index contributed by atoms with van der Waals surface area (Å²) in [7, 11) is 0. The number of nitrogens with zero attached hydrogens (tertiary/aromatic N) is 1. The lowest BCUT2D eigenvalue weighted by Crippen LogP contribution is -2.38. The Kier molecular flexibility index (Phi) is 5.65. The van der Waals surface area contributed by atoms with Gasteiger partial charge >= 0.3 is 0 Å². The number of likely N-dealkylation sites (tertiary alicyclic amines) is 1. The van der Waals surface area contributed by atoms with Crippen molar-refractivity contribution in [2.45, 2.75) is 39.0 Å². The molecular formula is C11H23N3O. The number of rotatable bonds is 5. The highest BCUT2D eigenvalue weighted by atomic mass is 16.2. The Hall–Kier alpha value is -0.610. The molecule has 1 rings (SSSR count). The van der Waals surface area contributed by atoms with Crippen LogP contribution in [-0.4, -0.2) is 30.4 Å². The molecule has 0 unspecified atom stereocenters. The van der Waals surface area contributed by atoms with Crippen molar-refractivity contribution in [2.75, 3.05) is 19.6 Å². The number of hydrogen-bond acceptors (Lipinski definition) is 3. The third-order valence-corrected chi connectivity index (χ3v) is 3.22. The third-order valence-electron chi connectivity index (χ3n) is 3.22. The molecular weight excluding hydrogens is 190 g/mol. The van der Waals surface area contributed by atoms with E-state index in [4.69, 9.17) is 5.84 Å². The Balaban J connectivity index is 2.12. The van der Waals surface area contributed by atoms with Crippen LogP contribution in [-0.2, 0) is 4.79 Å². The van der Waals surface area contributed by atoms with Gasteiger partial charge in [0.05, 0.1) is 0 Å². The Bertz CT molecular complexity index is 188. The minimum atomic E-state index is -0.0642. The van der Waals surface area contributed by atoms with E-state index >= 15 is 0 Å². The Labute approximate surface area is 92.2 Å². The summed E-state index contributed by atoms with van der Waals surface area (Å²) < 4.78 is 0. The fourth-order valence-electron chi connectivity index (χ4n) is 2.24. The van der Waals surface area contributed by atoms with Gasteiger partial charge in [0, 0.05) is 13.0 Å². The highest BCUT2D eigenvalue weighted by Gasteiger charge is 2.18. The average Bonchev–Trinajstić information content (AvgIpc) is 2.28. The SMILES string of the molecule is CCCC1CCN(CCC(=O)NN)CC1. The second-order valence-electron chi connectivity index (χ2n) is 4.39. The van der Waals surface area contributed by atoms with Crippen molar-refractivity contribution in [3.05, 3.63) is 0 Å². The molecule has 0 aromatic heterocycles. The average molecular weight is 213 g/mol. The van der Waals surface area contributed by atoms with Gasteiger partial charge in [-0.3, -0.25) is 10.2 Å². The van der Waals surface area contributed by atoms with Gasteiger partial charge in [0.25, 0.3) is 0 Å². The fourth-order valence-corrected chi connectivity index (χ4v) is 2.24. The van der Waals surface area contributed by atoms with Gasteiger partial charge in [-0.2, -0.15) is 0 Å². The van der Waals surface area contributed by atoms with Crippen LogP contribution in [0, 0.1) is 5.92 Å². The van der Waals surface area contributed by atoms with E-state index in [1.807, 2.05) is 0 Å². The lowest BCUT2D eigenvalue weighted by molar-refractivity contribution is -0.121. The van der Waals surface area contributed by atoms with Crippen molar-refractivity contribution in [1.82, 2.24) is 10.3 Å². The molecule has 0 spiro atoms. The minimum absolute atomic E-state index is 0.0642. The molecule has 0 saturated carbocycles. The van der Waals surface area contributed by atoms with Crippen LogP contribution in [0.5, 0.6) is 0 Å². The quantitative estimate of drug-likeness (QED) is 0.405. The van der Waals surface area contributed by atoms with Gasteiger partial charge in [0.15, 0.2) is 0 Å². The molecule has 0 aromatic rings. The van der Waals surface area contributed by atoms with Crippen LogP contribution < -0.4 is 11.3 Å². The number of amides is 1. The first-order chi connectivity index (χ1) is 7.26. The van der Waals surface area contributed by atoms with Crippen molar-refractivity contribution in [1.29, 1.82) is 0 Å². The molecule has 0 aliphatic carbocycles. The summed E-state index contributed by atoms with van der Waals surface area (Å²) in [4.78, 5) is 13.3. The second-order valence-corrected chi connectivity index (χ2v) is 4.39. The van der Waals surface area contributed by atoms with Gasteiger partial charge in [-0.25, -0.2) is 5.84 Å². The van der Waals surface area contributed by atoms with E-state index in [0.717, 1.165) is 25.6 Å². The van der Waals surface area contributed by atoms with Crippen molar-refractivity contribution in [3.63, 3.8) is 0 Å². The maximum atomic E-state index is 11.0. The van der Waals surface area contributed by atoms with E-state index in [0.29, 0.717) is 6.42 Å². The smallest absolute Gasteiger partial charge is 0.235 e. The Morgan fingerprint density at radius 2 is 2.13 bits per heavy atom. The van der Waals surface area contributed by atoms with E-state index in [2.05, 4.69) is 17.2 Å². The summed E-state index contributed by atoms with van der Waals surface area (Å²) in [5.41, 5.74) is 2.17. The monoisotopic (exact) mass is 213 g/mol. The number of nitrogens with one attached hydrogen (secondary N) is 1. The van der Waals surface area contributed by atoms with Crippen molar-refractivity contribution >= 4 is 5.91 Å². The van der Waals surface area contributed by atoms with Gasteiger partial charge in [0.1, 0.15) is 0 Å². The van der Waals surface area contributed by atoms with Crippen LogP contribution in [0.3, 0.4) is 0 Å². The molecule has 4 heteroatoms. The largest absolute Gasteiger partial charge is 0.303 e. The standard InChI is InChI=1S/C11H23N3O/c1-2-3-10-4-7-14(8-5-10)9-6-11(15)13-12/h10H,2-9,12H2,1H3,(H,13,15). The van der Waals surface area contributed by atoms with E-state index < -0.39 is 0 Å². The summed E-state index contributed by atoms with van der Waals surface area (Å²) in [6.45, 7) is 5.38. The molecule has 15 heavy (non-hydrogen) atoms. The fraction of sp³-hybridized carbons (Fsp3) is 0.909. The van der Waals surface area contributed by atoms with Crippen LogP contribution in [0.4, 0.5) is 0 Å². The van der Waals surface area contributed by atoms with Crippen LogP contribution in [0.1, 0.15) is 39.0 Å². The zero-order chi connectivity index (χ0) is 11.1. The summed E-state index contributed by atoms with van der Waals surface area (Å²) in [6.07, 6.45) is 5.75. The number of hydrazine groups is 1. The third kappa shape index (κ3) is 4.62. The molecule has 4 nitrogen and oxygen atoms in total. The first-order valence-electron chi connectivity index (χ1n) is 5.98. The molecule has 1 amide bonds. The molecule has 1 fully saturated rings. The molecule has 3 N–H and O–H groups in total. The molecule has 0 aromatic carbocycles. The number of nitrogens with two attached hydrogens (primary N) is 1. The number of hydrogen-bond donors (Lipinski definition) is 2. The highest BCUT2D eigenvalue weighted by molar-refractivity contribution is 5.75. The topological polar surface area (TPSA) is 58.4 Å². The van der Waals surface area contributed by atoms with Gasteiger partial charge in [0.2, 0.25) is 5.91 Å². The van der Waals surface area contributed by atoms with Gasteiger partial charge in [-0.15, -0.1) is 0 Å². The van der Waals surface area contributed by atoms with Gasteiger partial charge in [-0.05, 0) is 31.8 Å². The van der Waals surface area contributed by atoms with E-state index in [9.17, 15) is 4.79 Å². The molecule has 0 bridgehead atoms. The highest BCUT2D eigenvalue weighted by Crippen LogP contribution is 2.21. The van der Waals surface area contributed by atoms with E-state index in [-0.39, 0.29) is 5.91 Å². The van der Waals surface area contributed by atoms with Crippen molar-refractivity contribution in [3.8, 4) is 0 Å². The second kappa shape index (κ2) is 6.80. The normalized spacial score (nSPS) is 19.1. The van der Waals surface area contributed by atoms with Crippen LogP contribution in [0.25, 0.3) is 0 Å². The van der Waals surface area contributed by atoms with Crippen molar-refractivity contribution in [2.24, 2.45) is 11.8 Å². The van der Waals surface area contributed by atoms with Crippen LogP contribution >= 0.6 is 0 Å². The van der Waals surface area contributed by atoms with E-state index in [1.165, 1.54) is 25.7 Å². The summed E-state index contributed by atoms with van der Waals surface area (Å²) in [5, 5.41) is 0. The molecule has 1 aliphatic rings. The first kappa shape index (κ1) is 12.5. The minimum Gasteiger partial charge on any atom is -0.303 e. The van der Waals surface area contributed by atoms with Crippen molar-refractivity contribution < 1.29 is 4.79 Å². The lowest BCUT2D eigenvalue weighted by Gasteiger charge is -2.31. The molecule has 1 heterocycles. The van der Waals surface area contributed by atoms with Gasteiger partial charge in [-0.1, -0.05) is 19.8 Å².